The second kappa shape index (κ2) is 9.20. The second-order valence-corrected chi connectivity index (χ2v) is 7.46. The lowest BCUT2D eigenvalue weighted by Gasteiger charge is -2.08. The molecule has 4 rings (SSSR count). The zero-order valence-corrected chi connectivity index (χ0v) is 17.6. The smallest absolute Gasteiger partial charge is 0.280 e. The van der Waals surface area contributed by atoms with Crippen LogP contribution in [-0.2, 0) is 6.61 Å². The van der Waals surface area contributed by atoms with Crippen molar-refractivity contribution in [3.8, 4) is 11.4 Å². The molecule has 1 aromatic heterocycles. The molecular weight excluding hydrogens is 440 g/mol. The van der Waals surface area contributed by atoms with Crippen LogP contribution in [0.2, 0.25) is 10.0 Å². The van der Waals surface area contributed by atoms with Crippen molar-refractivity contribution in [3.05, 3.63) is 106 Å². The van der Waals surface area contributed by atoms with Crippen LogP contribution in [0.4, 0.5) is 10.1 Å². The van der Waals surface area contributed by atoms with Crippen LogP contribution in [-0.4, -0.2) is 15.7 Å². The minimum atomic E-state index is -0.506. The predicted octanol–water partition coefficient (Wildman–Crippen LogP) is 6.15. The minimum Gasteiger partial charge on any atom is -0.485 e. The van der Waals surface area contributed by atoms with Crippen molar-refractivity contribution in [1.82, 2.24) is 9.78 Å². The summed E-state index contributed by atoms with van der Waals surface area (Å²) in [5.41, 5.74) is 1.96. The summed E-state index contributed by atoms with van der Waals surface area (Å²) in [6.45, 7) is 0.248. The standard InChI is InChI=1S/C23H16Cl2FN3O2/c24-16-6-11-20(19(25)12-16)27-23(30)22-21(31-14-15-4-2-1-3-5-15)13-29(28-22)18-9-7-17(26)8-10-18/h1-13H,14H2,(H,27,30). The fourth-order valence-electron chi connectivity index (χ4n) is 2.85. The normalized spacial score (nSPS) is 10.7. The third kappa shape index (κ3) is 5.05. The Balaban J connectivity index is 1.64. The molecule has 0 saturated heterocycles. The molecule has 0 aliphatic carbocycles. The van der Waals surface area contributed by atoms with Crippen molar-refractivity contribution in [1.29, 1.82) is 0 Å². The molecule has 156 valence electrons. The van der Waals surface area contributed by atoms with E-state index >= 15 is 0 Å². The Kier molecular flexibility index (Phi) is 6.21. The number of nitrogens with zero attached hydrogens (tertiary/aromatic N) is 2. The maximum absolute atomic E-state index is 13.3. The molecule has 0 unspecified atom stereocenters. The largest absolute Gasteiger partial charge is 0.485 e. The summed E-state index contributed by atoms with van der Waals surface area (Å²) in [4.78, 5) is 13.0. The Hall–Kier alpha value is -3.35. The van der Waals surface area contributed by atoms with Gasteiger partial charge in [-0.15, -0.1) is 0 Å². The van der Waals surface area contributed by atoms with E-state index in [1.54, 1.807) is 30.5 Å². The molecule has 0 spiro atoms. The molecule has 5 nitrogen and oxygen atoms in total. The third-order valence-electron chi connectivity index (χ3n) is 4.40. The molecule has 0 atom stereocenters. The highest BCUT2D eigenvalue weighted by Gasteiger charge is 2.20. The Bertz CT molecular complexity index is 1210. The molecule has 0 aliphatic heterocycles. The number of benzene rings is 3. The highest BCUT2D eigenvalue weighted by molar-refractivity contribution is 6.36. The van der Waals surface area contributed by atoms with Gasteiger partial charge in [0, 0.05) is 5.02 Å². The molecule has 0 bridgehead atoms. The zero-order valence-electron chi connectivity index (χ0n) is 16.1. The van der Waals surface area contributed by atoms with Gasteiger partial charge in [-0.05, 0) is 48.0 Å². The average Bonchev–Trinajstić information content (AvgIpc) is 3.20. The lowest BCUT2D eigenvalue weighted by Crippen LogP contribution is -2.15. The van der Waals surface area contributed by atoms with E-state index in [9.17, 15) is 9.18 Å². The summed E-state index contributed by atoms with van der Waals surface area (Å²) in [6, 6.07) is 20.0. The number of rotatable bonds is 6. The molecular formula is C23H16Cl2FN3O2. The van der Waals surface area contributed by atoms with E-state index in [4.69, 9.17) is 27.9 Å². The number of ether oxygens (including phenoxy) is 1. The van der Waals surface area contributed by atoms with Crippen molar-refractivity contribution >= 4 is 34.8 Å². The maximum Gasteiger partial charge on any atom is 0.280 e. The van der Waals surface area contributed by atoms with Crippen LogP contribution in [0.1, 0.15) is 16.1 Å². The van der Waals surface area contributed by atoms with Crippen molar-refractivity contribution in [2.45, 2.75) is 6.61 Å². The number of carbonyl (C=O) groups excluding carboxylic acids is 1. The van der Waals surface area contributed by atoms with E-state index in [-0.39, 0.29) is 23.9 Å². The van der Waals surface area contributed by atoms with E-state index in [0.717, 1.165) is 5.56 Å². The Morgan fingerprint density at radius 2 is 1.77 bits per heavy atom. The fraction of sp³-hybridized carbons (Fsp3) is 0.0435. The molecule has 31 heavy (non-hydrogen) atoms. The quantitative estimate of drug-likeness (QED) is 0.379. The number of hydrogen-bond acceptors (Lipinski definition) is 3. The summed E-state index contributed by atoms with van der Waals surface area (Å²) in [7, 11) is 0. The first-order valence-electron chi connectivity index (χ1n) is 9.28. The first-order valence-corrected chi connectivity index (χ1v) is 10.0. The Morgan fingerprint density at radius 3 is 2.48 bits per heavy atom. The molecule has 4 aromatic rings. The number of carbonyl (C=O) groups is 1. The summed E-state index contributed by atoms with van der Waals surface area (Å²) < 4.78 is 20.6. The van der Waals surface area contributed by atoms with Crippen LogP contribution in [0, 0.1) is 5.82 Å². The number of nitrogens with one attached hydrogen (secondary N) is 1. The van der Waals surface area contributed by atoms with Gasteiger partial charge in [0.1, 0.15) is 12.4 Å². The van der Waals surface area contributed by atoms with Gasteiger partial charge in [0.15, 0.2) is 11.4 Å². The summed E-state index contributed by atoms with van der Waals surface area (Å²) >= 11 is 12.1. The van der Waals surface area contributed by atoms with Crippen LogP contribution < -0.4 is 10.1 Å². The SMILES string of the molecule is O=C(Nc1ccc(Cl)cc1Cl)c1nn(-c2ccc(F)cc2)cc1OCc1ccccc1. The van der Waals surface area contributed by atoms with Gasteiger partial charge in [0.2, 0.25) is 0 Å². The predicted molar refractivity (Wildman–Crippen MR) is 119 cm³/mol. The molecule has 1 heterocycles. The van der Waals surface area contributed by atoms with E-state index in [0.29, 0.717) is 21.4 Å². The molecule has 0 saturated carbocycles. The number of aromatic nitrogens is 2. The van der Waals surface area contributed by atoms with Gasteiger partial charge in [-0.25, -0.2) is 9.07 Å². The number of anilines is 1. The molecule has 8 heteroatoms. The van der Waals surface area contributed by atoms with E-state index in [1.807, 2.05) is 30.3 Å². The molecule has 0 aliphatic rings. The van der Waals surface area contributed by atoms with E-state index in [2.05, 4.69) is 10.4 Å². The lowest BCUT2D eigenvalue weighted by atomic mass is 10.2. The molecule has 0 radical (unpaired) electrons. The zero-order chi connectivity index (χ0) is 21.8. The monoisotopic (exact) mass is 455 g/mol. The maximum atomic E-state index is 13.3. The summed E-state index contributed by atoms with van der Waals surface area (Å²) in [5.74, 6) is -0.601. The van der Waals surface area contributed by atoms with Crippen LogP contribution in [0.25, 0.3) is 5.69 Å². The number of hydrogen-bond donors (Lipinski definition) is 1. The minimum absolute atomic E-state index is 0.0614. The van der Waals surface area contributed by atoms with Crippen LogP contribution in [0.15, 0.2) is 79.0 Å². The molecule has 1 amide bonds. The topological polar surface area (TPSA) is 56.2 Å². The van der Waals surface area contributed by atoms with Gasteiger partial charge in [0.05, 0.1) is 22.6 Å². The van der Waals surface area contributed by atoms with Crippen molar-refractivity contribution in [2.24, 2.45) is 0 Å². The second-order valence-electron chi connectivity index (χ2n) is 6.62. The fourth-order valence-corrected chi connectivity index (χ4v) is 3.31. The van der Waals surface area contributed by atoms with Crippen molar-refractivity contribution in [3.63, 3.8) is 0 Å². The Labute approximate surface area is 188 Å². The van der Waals surface area contributed by atoms with Crippen LogP contribution in [0.5, 0.6) is 5.75 Å². The van der Waals surface area contributed by atoms with Crippen LogP contribution >= 0.6 is 23.2 Å². The number of halogens is 3. The van der Waals surface area contributed by atoms with E-state index < -0.39 is 5.91 Å². The highest BCUT2D eigenvalue weighted by atomic mass is 35.5. The van der Waals surface area contributed by atoms with Gasteiger partial charge in [-0.1, -0.05) is 53.5 Å². The molecule has 1 N–H and O–H groups in total. The first kappa shape index (κ1) is 20.9. The van der Waals surface area contributed by atoms with Gasteiger partial charge in [0.25, 0.3) is 5.91 Å². The lowest BCUT2D eigenvalue weighted by molar-refractivity contribution is 0.101. The van der Waals surface area contributed by atoms with Gasteiger partial charge in [-0.2, -0.15) is 5.10 Å². The summed E-state index contributed by atoms with van der Waals surface area (Å²) in [6.07, 6.45) is 1.58. The van der Waals surface area contributed by atoms with Crippen molar-refractivity contribution in [2.75, 3.05) is 5.32 Å². The number of amides is 1. The third-order valence-corrected chi connectivity index (χ3v) is 4.95. The van der Waals surface area contributed by atoms with Crippen molar-refractivity contribution < 1.29 is 13.9 Å². The van der Waals surface area contributed by atoms with Gasteiger partial charge >= 0.3 is 0 Å². The Morgan fingerprint density at radius 1 is 1.03 bits per heavy atom. The van der Waals surface area contributed by atoms with Crippen LogP contribution in [0.3, 0.4) is 0 Å². The molecule has 3 aromatic carbocycles. The van der Waals surface area contributed by atoms with Gasteiger partial charge < -0.3 is 10.1 Å². The average molecular weight is 456 g/mol. The first-order chi connectivity index (χ1) is 15.0. The van der Waals surface area contributed by atoms with E-state index in [1.165, 1.54) is 22.9 Å². The summed E-state index contributed by atoms with van der Waals surface area (Å²) in [5, 5.41) is 7.83. The molecule has 0 fully saturated rings. The highest BCUT2D eigenvalue weighted by Crippen LogP contribution is 2.27. The van der Waals surface area contributed by atoms with Gasteiger partial charge in [-0.3, -0.25) is 4.79 Å².